The van der Waals surface area contributed by atoms with Crippen LogP contribution in [0.5, 0.6) is 0 Å². The molecule has 0 unspecified atom stereocenters. The van der Waals surface area contributed by atoms with Crippen LogP contribution in [-0.4, -0.2) is 20.1 Å². The van der Waals surface area contributed by atoms with Crippen LogP contribution < -0.4 is 9.47 Å². The number of fused-ring (bicyclic) bond motifs is 2. The van der Waals surface area contributed by atoms with Crippen LogP contribution in [0.1, 0.15) is 31.2 Å². The molecule has 0 radical (unpaired) electrons. The van der Waals surface area contributed by atoms with Crippen molar-refractivity contribution in [3.8, 4) is 0 Å². The molecule has 0 saturated heterocycles. The number of esters is 1. The summed E-state index contributed by atoms with van der Waals surface area (Å²) in [5, 5.41) is 2.50. The van der Waals surface area contributed by atoms with E-state index in [-0.39, 0.29) is 11.9 Å². The minimum atomic E-state index is -0.0644. The molecule has 1 aromatic heterocycles. The molecule has 174 valence electrons. The Kier molecular flexibility index (Phi) is 6.46. The number of methoxy groups -OCH3 is 1. The monoisotopic (exact) mass is 471 g/mol. The molecule has 1 aliphatic heterocycles. The van der Waals surface area contributed by atoms with Crippen molar-refractivity contribution in [1.29, 1.82) is 0 Å². The Hall–Kier alpha value is -3.05. The summed E-state index contributed by atoms with van der Waals surface area (Å²) in [5.74, 6) is 0.379. The number of hydrogen-bond acceptors (Lipinski definition) is 4. The van der Waals surface area contributed by atoms with Crippen LogP contribution in [0.25, 0.3) is 17.0 Å². The summed E-state index contributed by atoms with van der Waals surface area (Å²) in [7, 11) is 5.73. The Morgan fingerprint density at radius 3 is 2.50 bits per heavy atom. The molecule has 2 aliphatic rings. The average molecular weight is 472 g/mol. The van der Waals surface area contributed by atoms with Gasteiger partial charge in [-0.05, 0) is 67.0 Å². The van der Waals surface area contributed by atoms with Crippen molar-refractivity contribution in [1.82, 2.24) is 0 Å². The second-order valence-electron chi connectivity index (χ2n) is 9.23. The number of ether oxygens (including phenoxy) is 1. The first-order chi connectivity index (χ1) is 16.5. The lowest BCUT2D eigenvalue weighted by Gasteiger charge is -2.28. The molecule has 1 saturated carbocycles. The molecule has 1 fully saturated rings. The van der Waals surface area contributed by atoms with E-state index in [1.165, 1.54) is 44.8 Å². The molecule has 3 aromatic rings. The van der Waals surface area contributed by atoms with Gasteiger partial charge in [0.2, 0.25) is 5.52 Å². The van der Waals surface area contributed by atoms with Crippen molar-refractivity contribution >= 4 is 40.4 Å². The number of hydrogen-bond donors (Lipinski definition) is 0. The summed E-state index contributed by atoms with van der Waals surface area (Å²) in [6.45, 7) is 0. The fourth-order valence-electron chi connectivity index (χ4n) is 5.19. The summed E-state index contributed by atoms with van der Waals surface area (Å²) in [4.78, 5) is 15.7. The van der Waals surface area contributed by atoms with Crippen LogP contribution in [0.3, 0.4) is 0 Å². The fourth-order valence-corrected chi connectivity index (χ4v) is 6.30. The Balaban J connectivity index is 1.54. The Bertz CT molecular complexity index is 1290. The Labute approximate surface area is 205 Å². The van der Waals surface area contributed by atoms with Gasteiger partial charge in [-0.3, -0.25) is 4.79 Å². The standard InChI is InChI=1S/C29H31N2O2S/c1-30-17-16-22(24-8-4-5-9-25(24)30)18-23(20-12-14-21(15-13-20)29(32)33-3)19-28-31(2)26-10-6-7-11-27(26)34-28/h4-11,16-21H,12-15H2,1-3H3/q+1. The maximum atomic E-state index is 12.1. The average Bonchev–Trinajstić information content (AvgIpc) is 3.20. The third-order valence-corrected chi connectivity index (χ3v) is 8.36. The highest BCUT2D eigenvalue weighted by Crippen LogP contribution is 2.46. The Morgan fingerprint density at radius 2 is 1.74 bits per heavy atom. The minimum absolute atomic E-state index is 0.0274. The summed E-state index contributed by atoms with van der Waals surface area (Å²) in [6.07, 6.45) is 10.6. The molecular weight excluding hydrogens is 440 g/mol. The van der Waals surface area contributed by atoms with Gasteiger partial charge in [-0.25, -0.2) is 4.57 Å². The third kappa shape index (κ3) is 4.37. The summed E-state index contributed by atoms with van der Waals surface area (Å²) in [5.41, 5.74) is 5.05. The van der Waals surface area contributed by atoms with E-state index in [0.717, 1.165) is 25.7 Å². The number of benzene rings is 2. The van der Waals surface area contributed by atoms with E-state index in [1.807, 2.05) is 11.8 Å². The molecule has 0 atom stereocenters. The number of anilines is 1. The highest BCUT2D eigenvalue weighted by Gasteiger charge is 2.29. The van der Waals surface area contributed by atoms with Gasteiger partial charge in [-0.2, -0.15) is 0 Å². The summed E-state index contributed by atoms with van der Waals surface area (Å²) in [6, 6.07) is 19.3. The van der Waals surface area contributed by atoms with Gasteiger partial charge in [-0.15, -0.1) is 0 Å². The molecule has 34 heavy (non-hydrogen) atoms. The first-order valence-electron chi connectivity index (χ1n) is 11.9. The predicted molar refractivity (Wildman–Crippen MR) is 139 cm³/mol. The van der Waals surface area contributed by atoms with Crippen molar-refractivity contribution in [2.75, 3.05) is 19.1 Å². The molecule has 5 rings (SSSR count). The Morgan fingerprint density at radius 1 is 1.03 bits per heavy atom. The largest absolute Gasteiger partial charge is 0.469 e. The fraction of sp³-hybridized carbons (Fsp3) is 0.310. The van der Waals surface area contributed by atoms with Crippen LogP contribution in [0.2, 0.25) is 0 Å². The molecule has 0 amide bonds. The van der Waals surface area contributed by atoms with Crippen molar-refractivity contribution in [3.05, 3.63) is 83.0 Å². The van der Waals surface area contributed by atoms with E-state index in [4.69, 9.17) is 4.74 Å². The van der Waals surface area contributed by atoms with E-state index >= 15 is 0 Å². The van der Waals surface area contributed by atoms with E-state index in [9.17, 15) is 4.79 Å². The molecule has 2 aromatic carbocycles. The normalized spacial score (nSPS) is 21.7. The van der Waals surface area contributed by atoms with Crippen LogP contribution in [0.4, 0.5) is 5.69 Å². The number of thioether (sulfide) groups is 1. The number of aromatic nitrogens is 1. The zero-order chi connectivity index (χ0) is 23.7. The van der Waals surface area contributed by atoms with Gasteiger partial charge < -0.3 is 9.64 Å². The van der Waals surface area contributed by atoms with Crippen LogP contribution >= 0.6 is 11.8 Å². The molecular formula is C29H31N2O2S+. The van der Waals surface area contributed by atoms with Crippen LogP contribution in [0, 0.1) is 11.8 Å². The van der Waals surface area contributed by atoms with Gasteiger partial charge in [0.15, 0.2) is 6.20 Å². The van der Waals surface area contributed by atoms with Gasteiger partial charge in [0.05, 0.1) is 29.1 Å². The lowest BCUT2D eigenvalue weighted by atomic mass is 9.78. The number of carbonyl (C=O) groups is 1. The van der Waals surface area contributed by atoms with E-state index in [0.29, 0.717) is 5.92 Å². The van der Waals surface area contributed by atoms with Gasteiger partial charge in [0.25, 0.3) is 0 Å². The summed E-state index contributed by atoms with van der Waals surface area (Å²) >= 11 is 1.83. The topological polar surface area (TPSA) is 33.4 Å². The first-order valence-corrected chi connectivity index (χ1v) is 12.8. The number of para-hydroxylation sites is 2. The van der Waals surface area contributed by atoms with Crippen molar-refractivity contribution < 1.29 is 14.1 Å². The second-order valence-corrected chi connectivity index (χ2v) is 10.3. The van der Waals surface area contributed by atoms with E-state index in [1.54, 1.807) is 0 Å². The lowest BCUT2D eigenvalue weighted by molar-refractivity contribution is -0.644. The number of aryl methyl sites for hydroxylation is 1. The molecule has 4 nitrogen and oxygen atoms in total. The predicted octanol–water partition coefficient (Wildman–Crippen LogP) is 6.11. The zero-order valence-corrected chi connectivity index (χ0v) is 20.8. The van der Waals surface area contributed by atoms with Gasteiger partial charge in [-0.1, -0.05) is 42.1 Å². The summed E-state index contributed by atoms with van der Waals surface area (Å²) < 4.78 is 7.19. The molecule has 0 bridgehead atoms. The third-order valence-electron chi connectivity index (χ3n) is 7.19. The molecule has 0 spiro atoms. The smallest absolute Gasteiger partial charge is 0.308 e. The number of nitrogens with zero attached hydrogens (tertiary/aromatic N) is 2. The maximum Gasteiger partial charge on any atom is 0.308 e. The van der Waals surface area contributed by atoms with Crippen molar-refractivity contribution in [2.45, 2.75) is 30.6 Å². The van der Waals surface area contributed by atoms with E-state index < -0.39 is 0 Å². The van der Waals surface area contributed by atoms with Gasteiger partial charge in [0, 0.05) is 24.1 Å². The van der Waals surface area contributed by atoms with Crippen molar-refractivity contribution in [2.24, 2.45) is 18.9 Å². The number of rotatable bonds is 4. The maximum absolute atomic E-state index is 12.1. The van der Waals surface area contributed by atoms with Crippen LogP contribution in [-0.2, 0) is 16.6 Å². The molecule has 1 aliphatic carbocycles. The van der Waals surface area contributed by atoms with Gasteiger partial charge >= 0.3 is 5.97 Å². The van der Waals surface area contributed by atoms with Gasteiger partial charge in [0.1, 0.15) is 7.05 Å². The van der Waals surface area contributed by atoms with Crippen molar-refractivity contribution in [3.63, 3.8) is 0 Å². The zero-order valence-electron chi connectivity index (χ0n) is 20.0. The SMILES string of the molecule is COC(=O)C1CCC(C(=C\c2cc[n+](C)c3ccccc23)/C=C2/Sc3ccccc3N2C)CC1. The molecule has 0 N–H and O–H groups in total. The highest BCUT2D eigenvalue weighted by molar-refractivity contribution is 8.03. The van der Waals surface area contributed by atoms with Crippen LogP contribution in [0.15, 0.2) is 82.4 Å². The highest BCUT2D eigenvalue weighted by atomic mass is 32.2. The number of carbonyl (C=O) groups excluding carboxylic acids is 1. The second kappa shape index (κ2) is 9.67. The molecule has 5 heteroatoms. The first kappa shape index (κ1) is 22.7. The molecule has 2 heterocycles. The quantitative estimate of drug-likeness (QED) is 0.340. The minimum Gasteiger partial charge on any atom is -0.469 e. The number of pyridine rings is 1. The number of allylic oxidation sites excluding steroid dienone is 2. The van der Waals surface area contributed by atoms with E-state index in [2.05, 4.69) is 96.5 Å². The lowest BCUT2D eigenvalue weighted by Crippen LogP contribution is -2.28.